The van der Waals surface area contributed by atoms with Gasteiger partial charge in [-0.05, 0) is 29.8 Å². The van der Waals surface area contributed by atoms with Crippen molar-refractivity contribution in [2.24, 2.45) is 5.92 Å². The van der Waals surface area contributed by atoms with Crippen molar-refractivity contribution < 1.29 is 13.2 Å². The Labute approximate surface area is 97.4 Å². The Morgan fingerprint density at radius 3 is 2.47 bits per heavy atom. The topological polar surface area (TPSA) is 55.6 Å². The maximum absolute atomic E-state index is 12.2. The summed E-state index contributed by atoms with van der Waals surface area (Å²) in [4.78, 5) is 0. The molecule has 1 unspecified atom stereocenters. The van der Waals surface area contributed by atoms with Crippen LogP contribution in [-0.2, 0) is 6.54 Å². The molecule has 17 heavy (non-hydrogen) atoms. The van der Waals surface area contributed by atoms with Crippen LogP contribution >= 0.6 is 0 Å². The number of rotatable bonds is 5. The van der Waals surface area contributed by atoms with Crippen LogP contribution in [-0.4, -0.2) is 32.9 Å². The number of nitrogens with zero attached hydrogens (tertiary/aromatic N) is 4. The van der Waals surface area contributed by atoms with Gasteiger partial charge in [0.1, 0.15) is 6.54 Å². The molecular formula is C9H16F3N5. The highest BCUT2D eigenvalue weighted by Crippen LogP contribution is 2.19. The van der Waals surface area contributed by atoms with E-state index >= 15 is 0 Å². The Balaban J connectivity index is 2.67. The fourth-order valence-corrected chi connectivity index (χ4v) is 1.31. The lowest BCUT2D eigenvalue weighted by molar-refractivity contribution is -0.143. The van der Waals surface area contributed by atoms with Gasteiger partial charge >= 0.3 is 6.18 Å². The minimum Gasteiger partial charge on any atom is -0.307 e. The standard InChI is InChI=1S/C9H16F3N5/c1-6(2)4-13-7(3)8-14-15-16-17(8)5-9(10,11)12/h6-7,13H,4-5H2,1-3H3. The molecule has 0 aromatic carbocycles. The molecule has 0 aliphatic heterocycles. The van der Waals surface area contributed by atoms with Crippen LogP contribution in [0.25, 0.3) is 0 Å². The first kappa shape index (κ1) is 13.9. The maximum Gasteiger partial charge on any atom is 0.408 e. The number of hydrogen-bond acceptors (Lipinski definition) is 4. The second-order valence-electron chi connectivity index (χ2n) is 4.33. The molecule has 1 N–H and O–H groups in total. The quantitative estimate of drug-likeness (QED) is 0.862. The molecule has 98 valence electrons. The Kier molecular flexibility index (Phi) is 4.44. The minimum absolute atomic E-state index is 0.197. The Hall–Kier alpha value is -1.18. The van der Waals surface area contributed by atoms with E-state index in [2.05, 4.69) is 20.8 Å². The van der Waals surface area contributed by atoms with Gasteiger partial charge in [-0.15, -0.1) is 5.10 Å². The second kappa shape index (κ2) is 5.44. The monoisotopic (exact) mass is 251 g/mol. The molecule has 1 atom stereocenters. The van der Waals surface area contributed by atoms with Crippen molar-refractivity contribution in [1.82, 2.24) is 25.5 Å². The van der Waals surface area contributed by atoms with E-state index in [0.717, 1.165) is 4.68 Å². The van der Waals surface area contributed by atoms with Crippen LogP contribution in [0.5, 0.6) is 0 Å². The molecule has 0 bridgehead atoms. The lowest BCUT2D eigenvalue weighted by Gasteiger charge is -2.15. The van der Waals surface area contributed by atoms with Gasteiger partial charge in [0.15, 0.2) is 5.82 Å². The smallest absolute Gasteiger partial charge is 0.307 e. The van der Waals surface area contributed by atoms with Gasteiger partial charge < -0.3 is 5.32 Å². The third-order valence-corrected chi connectivity index (χ3v) is 2.11. The molecule has 0 amide bonds. The van der Waals surface area contributed by atoms with Gasteiger partial charge in [-0.3, -0.25) is 0 Å². The van der Waals surface area contributed by atoms with Crippen LogP contribution in [0, 0.1) is 5.92 Å². The molecule has 1 rings (SSSR count). The summed E-state index contributed by atoms with van der Waals surface area (Å²) in [7, 11) is 0. The fraction of sp³-hybridized carbons (Fsp3) is 0.889. The lowest BCUT2D eigenvalue weighted by Crippen LogP contribution is -2.28. The molecule has 0 aliphatic carbocycles. The maximum atomic E-state index is 12.2. The summed E-state index contributed by atoms with van der Waals surface area (Å²) in [5.41, 5.74) is 0. The Bertz CT molecular complexity index is 347. The number of alkyl halides is 3. The number of hydrogen-bond donors (Lipinski definition) is 1. The average Bonchev–Trinajstić information content (AvgIpc) is 2.59. The second-order valence-corrected chi connectivity index (χ2v) is 4.33. The summed E-state index contributed by atoms with van der Waals surface area (Å²) < 4.78 is 37.5. The Morgan fingerprint density at radius 1 is 1.29 bits per heavy atom. The van der Waals surface area contributed by atoms with Gasteiger partial charge in [0.05, 0.1) is 6.04 Å². The van der Waals surface area contributed by atoms with Gasteiger partial charge in [0.25, 0.3) is 0 Å². The first-order valence-corrected chi connectivity index (χ1v) is 5.36. The van der Waals surface area contributed by atoms with E-state index in [1.165, 1.54) is 0 Å². The van der Waals surface area contributed by atoms with E-state index in [0.29, 0.717) is 12.5 Å². The van der Waals surface area contributed by atoms with E-state index in [-0.39, 0.29) is 11.9 Å². The van der Waals surface area contributed by atoms with Crippen LogP contribution < -0.4 is 5.32 Å². The molecule has 0 saturated heterocycles. The molecule has 0 radical (unpaired) electrons. The van der Waals surface area contributed by atoms with E-state index < -0.39 is 12.7 Å². The minimum atomic E-state index is -4.32. The third kappa shape index (κ3) is 4.68. The van der Waals surface area contributed by atoms with Crippen molar-refractivity contribution in [3.8, 4) is 0 Å². The van der Waals surface area contributed by atoms with Crippen LogP contribution in [0.1, 0.15) is 32.6 Å². The van der Waals surface area contributed by atoms with Crippen molar-refractivity contribution in [2.75, 3.05) is 6.54 Å². The summed E-state index contributed by atoms with van der Waals surface area (Å²) in [6.07, 6.45) is -4.32. The van der Waals surface area contributed by atoms with Crippen molar-refractivity contribution >= 4 is 0 Å². The zero-order valence-electron chi connectivity index (χ0n) is 9.99. The summed E-state index contributed by atoms with van der Waals surface area (Å²) >= 11 is 0. The zero-order chi connectivity index (χ0) is 13.1. The van der Waals surface area contributed by atoms with Crippen molar-refractivity contribution in [3.05, 3.63) is 5.82 Å². The molecular weight excluding hydrogens is 235 g/mol. The first-order chi connectivity index (χ1) is 7.79. The SMILES string of the molecule is CC(C)CNC(C)c1nnnn1CC(F)(F)F. The summed E-state index contributed by atoms with van der Waals surface area (Å²) in [5.74, 6) is 0.604. The van der Waals surface area contributed by atoms with Gasteiger partial charge in [-0.1, -0.05) is 13.8 Å². The highest BCUT2D eigenvalue weighted by molar-refractivity contribution is 4.90. The molecule has 8 heteroatoms. The third-order valence-electron chi connectivity index (χ3n) is 2.11. The predicted molar refractivity (Wildman–Crippen MR) is 55.1 cm³/mol. The van der Waals surface area contributed by atoms with Gasteiger partial charge in [-0.25, -0.2) is 4.68 Å². The Morgan fingerprint density at radius 2 is 1.94 bits per heavy atom. The highest BCUT2D eigenvalue weighted by Gasteiger charge is 2.31. The molecule has 0 aliphatic rings. The molecule has 0 fully saturated rings. The van der Waals surface area contributed by atoms with Crippen LogP contribution in [0.3, 0.4) is 0 Å². The largest absolute Gasteiger partial charge is 0.408 e. The van der Waals surface area contributed by atoms with Gasteiger partial charge in [-0.2, -0.15) is 13.2 Å². The number of tetrazole rings is 1. The highest BCUT2D eigenvalue weighted by atomic mass is 19.4. The van der Waals surface area contributed by atoms with E-state index in [4.69, 9.17) is 0 Å². The summed E-state index contributed by atoms with van der Waals surface area (Å²) in [6.45, 7) is 5.29. The fourth-order valence-electron chi connectivity index (χ4n) is 1.31. The molecule has 1 aromatic rings. The normalized spacial score (nSPS) is 14.3. The van der Waals surface area contributed by atoms with Gasteiger partial charge in [0.2, 0.25) is 0 Å². The molecule has 0 spiro atoms. The summed E-state index contributed by atoms with van der Waals surface area (Å²) in [6, 6.07) is -0.310. The molecule has 5 nitrogen and oxygen atoms in total. The van der Waals surface area contributed by atoms with Crippen molar-refractivity contribution in [1.29, 1.82) is 0 Å². The van der Waals surface area contributed by atoms with E-state index in [9.17, 15) is 13.2 Å². The molecule has 1 heterocycles. The first-order valence-electron chi connectivity index (χ1n) is 5.36. The molecule has 1 aromatic heterocycles. The van der Waals surface area contributed by atoms with E-state index in [1.54, 1.807) is 6.92 Å². The zero-order valence-corrected chi connectivity index (χ0v) is 9.99. The van der Waals surface area contributed by atoms with Crippen LogP contribution in [0.2, 0.25) is 0 Å². The number of aromatic nitrogens is 4. The number of halogens is 3. The van der Waals surface area contributed by atoms with Crippen LogP contribution in [0.4, 0.5) is 13.2 Å². The summed E-state index contributed by atoms with van der Waals surface area (Å²) in [5, 5.41) is 13.3. The van der Waals surface area contributed by atoms with Gasteiger partial charge in [0, 0.05) is 0 Å². The van der Waals surface area contributed by atoms with E-state index in [1.807, 2.05) is 13.8 Å². The number of nitrogens with one attached hydrogen (secondary N) is 1. The average molecular weight is 251 g/mol. The van der Waals surface area contributed by atoms with Crippen LogP contribution in [0.15, 0.2) is 0 Å². The predicted octanol–water partition coefficient (Wildman–Crippen LogP) is 1.54. The van der Waals surface area contributed by atoms with Crippen molar-refractivity contribution in [3.63, 3.8) is 0 Å². The molecule has 0 saturated carbocycles. The lowest BCUT2D eigenvalue weighted by atomic mass is 10.2. The van der Waals surface area contributed by atoms with Crippen molar-refractivity contribution in [2.45, 2.75) is 39.5 Å².